The molecule has 5 heteroatoms. The number of pyridine rings is 1. The molecule has 23 heavy (non-hydrogen) atoms. The Morgan fingerprint density at radius 2 is 2.04 bits per heavy atom. The van der Waals surface area contributed by atoms with Gasteiger partial charge >= 0.3 is 0 Å². The Bertz CT molecular complexity index is 824. The number of carbonyl (C=O) groups is 1. The number of aromatic nitrogens is 3. The maximum absolute atomic E-state index is 12.6. The van der Waals surface area contributed by atoms with Crippen LogP contribution in [0.15, 0.2) is 36.8 Å². The number of para-hydroxylation sites is 1. The summed E-state index contributed by atoms with van der Waals surface area (Å²) < 4.78 is 1.99. The fraction of sp³-hybridized carbons (Fsp3) is 0.389. The molecule has 3 aromatic rings. The Hall–Kier alpha value is -2.43. The van der Waals surface area contributed by atoms with Gasteiger partial charge in [-0.1, -0.05) is 38.5 Å². The van der Waals surface area contributed by atoms with E-state index in [-0.39, 0.29) is 11.9 Å². The maximum Gasteiger partial charge on any atom is 0.243 e. The highest BCUT2D eigenvalue weighted by molar-refractivity contribution is 6.02. The second kappa shape index (κ2) is 6.77. The van der Waals surface area contributed by atoms with Crippen LogP contribution in [0.4, 0.5) is 0 Å². The standard InChI is InChI=1S/C18H22N4O/c1-3-5-10-19-18(23)16(4-2)22-12-21-15-11-20-14-9-7-6-8-13(14)17(15)22/h6-9,11-12,16H,3-5,10H2,1-2H3,(H,19,23). The van der Waals surface area contributed by atoms with E-state index < -0.39 is 0 Å². The molecule has 1 atom stereocenters. The van der Waals surface area contributed by atoms with Gasteiger partial charge in [0.15, 0.2) is 0 Å². The van der Waals surface area contributed by atoms with E-state index in [9.17, 15) is 4.79 Å². The normalized spacial score (nSPS) is 12.6. The number of nitrogens with zero attached hydrogens (tertiary/aromatic N) is 3. The zero-order valence-corrected chi connectivity index (χ0v) is 13.6. The molecule has 0 fully saturated rings. The largest absolute Gasteiger partial charge is 0.354 e. The molecule has 0 aliphatic carbocycles. The lowest BCUT2D eigenvalue weighted by Gasteiger charge is -2.18. The first-order valence-electron chi connectivity index (χ1n) is 8.24. The number of imidazole rings is 1. The van der Waals surface area contributed by atoms with Crippen LogP contribution in [0.1, 0.15) is 39.2 Å². The summed E-state index contributed by atoms with van der Waals surface area (Å²) in [7, 11) is 0. The SMILES string of the molecule is CCCCNC(=O)C(CC)n1cnc2cnc3ccccc3c21. The minimum Gasteiger partial charge on any atom is -0.354 e. The zero-order valence-electron chi connectivity index (χ0n) is 13.6. The summed E-state index contributed by atoms with van der Waals surface area (Å²) in [6.07, 6.45) is 6.32. The van der Waals surface area contributed by atoms with Crippen LogP contribution in [0, 0.1) is 0 Å². The number of rotatable bonds is 6. The summed E-state index contributed by atoms with van der Waals surface area (Å²) in [5.74, 6) is 0.0566. The Morgan fingerprint density at radius 3 is 2.83 bits per heavy atom. The zero-order chi connectivity index (χ0) is 16.2. The average Bonchev–Trinajstić information content (AvgIpc) is 3.00. The van der Waals surface area contributed by atoms with Crippen LogP contribution in [0.3, 0.4) is 0 Å². The third-order valence-electron chi connectivity index (χ3n) is 4.16. The summed E-state index contributed by atoms with van der Waals surface area (Å²) in [6.45, 7) is 4.87. The van der Waals surface area contributed by atoms with Crippen molar-refractivity contribution in [1.29, 1.82) is 0 Å². The lowest BCUT2D eigenvalue weighted by Crippen LogP contribution is -2.32. The topological polar surface area (TPSA) is 59.8 Å². The average molecular weight is 310 g/mol. The summed E-state index contributed by atoms with van der Waals surface area (Å²) >= 11 is 0. The van der Waals surface area contributed by atoms with Crippen LogP contribution in [0.25, 0.3) is 21.9 Å². The molecule has 0 bridgehead atoms. The van der Waals surface area contributed by atoms with Gasteiger partial charge in [0.25, 0.3) is 0 Å². The van der Waals surface area contributed by atoms with Gasteiger partial charge in [-0.15, -0.1) is 0 Å². The summed E-state index contributed by atoms with van der Waals surface area (Å²) in [5.41, 5.74) is 2.72. The van der Waals surface area contributed by atoms with Crippen LogP contribution in [-0.4, -0.2) is 27.0 Å². The molecule has 0 saturated carbocycles. The van der Waals surface area contributed by atoms with E-state index in [2.05, 4.69) is 22.2 Å². The molecule has 1 aromatic carbocycles. The number of hydrogen-bond acceptors (Lipinski definition) is 3. The molecule has 0 saturated heterocycles. The molecule has 0 spiro atoms. The summed E-state index contributed by atoms with van der Waals surface area (Å²) in [5, 5.41) is 4.06. The van der Waals surface area contributed by atoms with Gasteiger partial charge in [-0.05, 0) is 18.9 Å². The summed E-state index contributed by atoms with van der Waals surface area (Å²) in [6, 6.07) is 7.72. The van der Waals surface area contributed by atoms with E-state index in [4.69, 9.17) is 0 Å². The fourth-order valence-corrected chi connectivity index (χ4v) is 2.92. The minimum atomic E-state index is -0.248. The van der Waals surface area contributed by atoms with Crippen LogP contribution < -0.4 is 5.32 Å². The van der Waals surface area contributed by atoms with E-state index in [1.54, 1.807) is 12.5 Å². The van der Waals surface area contributed by atoms with Gasteiger partial charge in [0.05, 0.1) is 23.6 Å². The van der Waals surface area contributed by atoms with Crippen molar-refractivity contribution < 1.29 is 4.79 Å². The Labute approximate surface area is 135 Å². The first-order chi connectivity index (χ1) is 11.3. The number of fused-ring (bicyclic) bond motifs is 3. The van der Waals surface area contributed by atoms with Crippen molar-refractivity contribution in [2.45, 2.75) is 39.2 Å². The Balaban J connectivity index is 2.03. The van der Waals surface area contributed by atoms with E-state index in [0.717, 1.165) is 47.7 Å². The first-order valence-corrected chi connectivity index (χ1v) is 8.24. The lowest BCUT2D eigenvalue weighted by molar-refractivity contribution is -0.124. The minimum absolute atomic E-state index is 0.0566. The molecule has 0 radical (unpaired) electrons. The number of carbonyl (C=O) groups excluding carboxylic acids is 1. The van der Waals surface area contributed by atoms with Gasteiger partial charge in [-0.25, -0.2) is 4.98 Å². The van der Waals surface area contributed by atoms with Gasteiger partial charge in [0.2, 0.25) is 5.91 Å². The van der Waals surface area contributed by atoms with E-state index in [1.165, 1.54) is 0 Å². The number of benzene rings is 1. The Kier molecular flexibility index (Phi) is 4.55. The highest BCUT2D eigenvalue weighted by Crippen LogP contribution is 2.26. The molecule has 0 aliphatic rings. The van der Waals surface area contributed by atoms with Crippen LogP contribution >= 0.6 is 0 Å². The van der Waals surface area contributed by atoms with Gasteiger partial charge in [-0.2, -0.15) is 0 Å². The van der Waals surface area contributed by atoms with Crippen molar-refractivity contribution in [2.24, 2.45) is 0 Å². The van der Waals surface area contributed by atoms with Gasteiger partial charge in [0.1, 0.15) is 11.6 Å². The van der Waals surface area contributed by atoms with Crippen molar-refractivity contribution in [3.8, 4) is 0 Å². The Morgan fingerprint density at radius 1 is 1.22 bits per heavy atom. The van der Waals surface area contributed by atoms with Gasteiger partial charge in [0, 0.05) is 11.9 Å². The van der Waals surface area contributed by atoms with Crippen molar-refractivity contribution >= 4 is 27.8 Å². The molecular weight excluding hydrogens is 288 g/mol. The van der Waals surface area contributed by atoms with Crippen molar-refractivity contribution in [3.63, 3.8) is 0 Å². The van der Waals surface area contributed by atoms with Gasteiger partial charge < -0.3 is 9.88 Å². The fourth-order valence-electron chi connectivity index (χ4n) is 2.92. The van der Waals surface area contributed by atoms with Crippen molar-refractivity contribution in [2.75, 3.05) is 6.54 Å². The van der Waals surface area contributed by atoms with Crippen LogP contribution in [0.5, 0.6) is 0 Å². The van der Waals surface area contributed by atoms with Gasteiger partial charge in [-0.3, -0.25) is 9.78 Å². The van der Waals surface area contributed by atoms with Crippen molar-refractivity contribution in [3.05, 3.63) is 36.8 Å². The van der Waals surface area contributed by atoms with E-state index >= 15 is 0 Å². The van der Waals surface area contributed by atoms with Crippen molar-refractivity contribution in [1.82, 2.24) is 19.9 Å². The quantitative estimate of drug-likeness (QED) is 0.709. The van der Waals surface area contributed by atoms with Crippen LogP contribution in [0.2, 0.25) is 0 Å². The third-order valence-corrected chi connectivity index (χ3v) is 4.16. The molecule has 1 amide bonds. The second-order valence-electron chi connectivity index (χ2n) is 5.73. The predicted octanol–water partition coefficient (Wildman–Crippen LogP) is 3.45. The monoisotopic (exact) mass is 310 g/mol. The molecule has 5 nitrogen and oxygen atoms in total. The third kappa shape index (κ3) is 2.91. The first kappa shape index (κ1) is 15.5. The molecule has 2 heterocycles. The number of unbranched alkanes of at least 4 members (excludes halogenated alkanes) is 1. The number of hydrogen-bond donors (Lipinski definition) is 1. The van der Waals surface area contributed by atoms with E-state index in [0.29, 0.717) is 0 Å². The number of amides is 1. The number of nitrogens with one attached hydrogen (secondary N) is 1. The van der Waals surface area contributed by atoms with Crippen LogP contribution in [-0.2, 0) is 4.79 Å². The molecular formula is C18H22N4O. The highest BCUT2D eigenvalue weighted by Gasteiger charge is 2.21. The van der Waals surface area contributed by atoms with E-state index in [1.807, 2.05) is 35.8 Å². The highest BCUT2D eigenvalue weighted by atomic mass is 16.2. The summed E-state index contributed by atoms with van der Waals surface area (Å²) in [4.78, 5) is 21.4. The second-order valence-corrected chi connectivity index (χ2v) is 5.73. The molecule has 3 rings (SSSR count). The molecule has 1 N–H and O–H groups in total. The lowest BCUT2D eigenvalue weighted by atomic mass is 10.1. The molecule has 2 aromatic heterocycles. The molecule has 1 unspecified atom stereocenters. The predicted molar refractivity (Wildman–Crippen MR) is 92.3 cm³/mol. The molecule has 0 aliphatic heterocycles. The maximum atomic E-state index is 12.6. The molecule has 120 valence electrons. The smallest absolute Gasteiger partial charge is 0.243 e.